The fraction of sp³-hybridized carbons (Fsp3) is 0.400. The van der Waals surface area contributed by atoms with E-state index in [4.69, 9.17) is 9.47 Å². The first kappa shape index (κ1) is 14.5. The first-order valence-corrected chi connectivity index (χ1v) is 7.16. The van der Waals surface area contributed by atoms with Gasteiger partial charge in [-0.15, -0.1) is 10.2 Å². The second kappa shape index (κ2) is 6.57. The minimum absolute atomic E-state index is 0.00756. The highest BCUT2D eigenvalue weighted by molar-refractivity contribution is 5.77. The Bertz CT molecular complexity index is 656. The van der Waals surface area contributed by atoms with E-state index in [2.05, 4.69) is 15.5 Å². The summed E-state index contributed by atoms with van der Waals surface area (Å²) in [5.41, 5.74) is 1.01. The van der Waals surface area contributed by atoms with Crippen LogP contribution < -0.4 is 10.1 Å². The van der Waals surface area contributed by atoms with Crippen molar-refractivity contribution in [3.63, 3.8) is 0 Å². The lowest BCUT2D eigenvalue weighted by Crippen LogP contribution is -2.34. The smallest absolute Gasteiger partial charge is 0.246 e. The van der Waals surface area contributed by atoms with Crippen LogP contribution >= 0.6 is 0 Å². The Kier molecular flexibility index (Phi) is 4.34. The average Bonchev–Trinajstić information content (AvgIpc) is 2.93. The molecule has 0 aliphatic carbocycles. The molecule has 1 aromatic carbocycles. The molecule has 0 bridgehead atoms. The molecule has 1 aliphatic rings. The zero-order chi connectivity index (χ0) is 15.4. The molecule has 2 heterocycles. The number of nitrogens with one attached hydrogen (secondary N) is 1. The molecule has 116 valence electrons. The van der Waals surface area contributed by atoms with Crippen LogP contribution in [0.1, 0.15) is 23.9 Å². The van der Waals surface area contributed by atoms with Crippen LogP contribution in [0.25, 0.3) is 0 Å². The number of hydrogen-bond donors (Lipinski definition) is 1. The van der Waals surface area contributed by atoms with Crippen LogP contribution in [0.3, 0.4) is 0 Å². The minimum atomic E-state index is -0.149. The summed E-state index contributed by atoms with van der Waals surface area (Å²) in [5.74, 6) is 1.37. The maximum absolute atomic E-state index is 12.0. The molecule has 22 heavy (non-hydrogen) atoms. The summed E-state index contributed by atoms with van der Waals surface area (Å²) < 4.78 is 12.7. The van der Waals surface area contributed by atoms with Gasteiger partial charge in [0.2, 0.25) is 5.91 Å². The number of aryl methyl sites for hydroxylation is 1. The van der Waals surface area contributed by atoms with Gasteiger partial charge in [-0.1, -0.05) is 18.2 Å². The fourth-order valence-corrected chi connectivity index (χ4v) is 2.40. The number of rotatable bonds is 5. The lowest BCUT2D eigenvalue weighted by molar-refractivity contribution is -0.127. The van der Waals surface area contributed by atoms with Crippen LogP contribution in [0.4, 0.5) is 0 Å². The molecule has 2 aromatic rings. The van der Waals surface area contributed by atoms with E-state index in [0.29, 0.717) is 12.4 Å². The van der Waals surface area contributed by atoms with Gasteiger partial charge in [0, 0.05) is 19.0 Å². The summed E-state index contributed by atoms with van der Waals surface area (Å²) >= 11 is 0. The number of amides is 1. The SMILES string of the molecule is Cn1cnnc1COCC(=O)NC1CCOc2ccccc21. The third-order valence-corrected chi connectivity index (χ3v) is 3.56. The van der Waals surface area contributed by atoms with Crippen molar-refractivity contribution in [3.05, 3.63) is 42.0 Å². The summed E-state index contributed by atoms with van der Waals surface area (Å²) in [7, 11) is 1.83. The van der Waals surface area contributed by atoms with E-state index in [1.54, 1.807) is 10.9 Å². The van der Waals surface area contributed by atoms with Gasteiger partial charge < -0.3 is 19.4 Å². The Morgan fingerprint density at radius 3 is 3.18 bits per heavy atom. The molecule has 1 N–H and O–H groups in total. The van der Waals surface area contributed by atoms with Gasteiger partial charge in [0.25, 0.3) is 0 Å². The van der Waals surface area contributed by atoms with Crippen molar-refractivity contribution in [1.29, 1.82) is 0 Å². The van der Waals surface area contributed by atoms with Crippen LogP contribution in [-0.2, 0) is 23.2 Å². The van der Waals surface area contributed by atoms with E-state index in [1.807, 2.05) is 31.3 Å². The predicted molar refractivity (Wildman–Crippen MR) is 78.1 cm³/mol. The van der Waals surface area contributed by atoms with E-state index in [-0.39, 0.29) is 25.2 Å². The Balaban J connectivity index is 1.51. The average molecular weight is 302 g/mol. The molecule has 0 fully saturated rings. The minimum Gasteiger partial charge on any atom is -0.493 e. The Morgan fingerprint density at radius 1 is 1.50 bits per heavy atom. The van der Waals surface area contributed by atoms with Crippen LogP contribution in [0, 0.1) is 0 Å². The van der Waals surface area contributed by atoms with E-state index < -0.39 is 0 Å². The van der Waals surface area contributed by atoms with E-state index in [1.165, 1.54) is 0 Å². The topological polar surface area (TPSA) is 78.3 Å². The molecule has 1 aromatic heterocycles. The van der Waals surface area contributed by atoms with Crippen LogP contribution in [0.15, 0.2) is 30.6 Å². The molecule has 0 spiro atoms. The molecule has 1 amide bonds. The second-order valence-corrected chi connectivity index (χ2v) is 5.15. The van der Waals surface area contributed by atoms with Crippen LogP contribution in [-0.4, -0.2) is 33.9 Å². The van der Waals surface area contributed by atoms with Crippen molar-refractivity contribution in [1.82, 2.24) is 20.1 Å². The predicted octanol–water partition coefficient (Wildman–Crippen LogP) is 0.972. The summed E-state index contributed by atoms with van der Waals surface area (Å²) in [6, 6.07) is 7.72. The summed E-state index contributed by atoms with van der Waals surface area (Å²) in [6.07, 6.45) is 2.35. The van der Waals surface area contributed by atoms with Gasteiger partial charge in [0.15, 0.2) is 5.82 Å². The van der Waals surface area contributed by atoms with Gasteiger partial charge in [0.05, 0.1) is 12.6 Å². The van der Waals surface area contributed by atoms with Gasteiger partial charge in [-0.05, 0) is 6.07 Å². The van der Waals surface area contributed by atoms with Crippen molar-refractivity contribution in [2.45, 2.75) is 19.1 Å². The molecule has 1 aliphatic heterocycles. The Morgan fingerprint density at radius 2 is 2.36 bits per heavy atom. The summed E-state index contributed by atoms with van der Waals surface area (Å²) in [5, 5.41) is 10.6. The molecule has 0 saturated carbocycles. The monoisotopic (exact) mass is 302 g/mol. The Hall–Kier alpha value is -2.41. The molecular formula is C15H18N4O3. The van der Waals surface area contributed by atoms with E-state index in [0.717, 1.165) is 17.7 Å². The molecule has 1 unspecified atom stereocenters. The number of aromatic nitrogens is 3. The molecule has 7 heteroatoms. The lowest BCUT2D eigenvalue weighted by atomic mass is 10.0. The molecule has 7 nitrogen and oxygen atoms in total. The maximum Gasteiger partial charge on any atom is 0.246 e. The van der Waals surface area contributed by atoms with Gasteiger partial charge in [0.1, 0.15) is 25.3 Å². The highest BCUT2D eigenvalue weighted by atomic mass is 16.5. The van der Waals surface area contributed by atoms with Gasteiger partial charge in [-0.25, -0.2) is 0 Å². The number of hydrogen-bond acceptors (Lipinski definition) is 5. The number of fused-ring (bicyclic) bond motifs is 1. The maximum atomic E-state index is 12.0. The standard InChI is InChI=1S/C15H18N4O3/c1-19-10-16-18-14(19)8-21-9-15(20)17-12-6-7-22-13-5-3-2-4-11(12)13/h2-5,10,12H,6-9H2,1H3,(H,17,20). The van der Waals surface area contributed by atoms with Crippen molar-refractivity contribution >= 4 is 5.91 Å². The molecule has 1 atom stereocenters. The van der Waals surface area contributed by atoms with Crippen LogP contribution in [0.2, 0.25) is 0 Å². The molecule has 0 saturated heterocycles. The number of ether oxygens (including phenoxy) is 2. The van der Waals surface area contributed by atoms with Crippen molar-refractivity contribution in [3.8, 4) is 5.75 Å². The van der Waals surface area contributed by atoms with Gasteiger partial charge in [-0.2, -0.15) is 0 Å². The highest BCUT2D eigenvalue weighted by Gasteiger charge is 2.22. The second-order valence-electron chi connectivity index (χ2n) is 5.15. The number of nitrogens with zero attached hydrogens (tertiary/aromatic N) is 3. The number of carbonyl (C=O) groups excluding carboxylic acids is 1. The Labute approximate surface area is 128 Å². The van der Waals surface area contributed by atoms with Crippen molar-refractivity contribution < 1.29 is 14.3 Å². The third kappa shape index (κ3) is 3.25. The highest BCUT2D eigenvalue weighted by Crippen LogP contribution is 2.31. The van der Waals surface area contributed by atoms with Gasteiger partial charge >= 0.3 is 0 Å². The van der Waals surface area contributed by atoms with Crippen LogP contribution in [0.5, 0.6) is 5.75 Å². The van der Waals surface area contributed by atoms with Crippen molar-refractivity contribution in [2.24, 2.45) is 7.05 Å². The molecule has 0 radical (unpaired) electrons. The number of benzene rings is 1. The molecule has 3 rings (SSSR count). The zero-order valence-corrected chi connectivity index (χ0v) is 12.4. The third-order valence-electron chi connectivity index (χ3n) is 3.56. The zero-order valence-electron chi connectivity index (χ0n) is 12.4. The van der Waals surface area contributed by atoms with Gasteiger partial charge in [-0.3, -0.25) is 4.79 Å². The van der Waals surface area contributed by atoms with E-state index in [9.17, 15) is 4.79 Å². The quantitative estimate of drug-likeness (QED) is 0.890. The number of para-hydroxylation sites is 1. The fourth-order valence-electron chi connectivity index (χ4n) is 2.40. The first-order chi connectivity index (χ1) is 10.7. The number of carbonyl (C=O) groups is 1. The summed E-state index contributed by atoms with van der Waals surface area (Å²) in [4.78, 5) is 12.0. The lowest BCUT2D eigenvalue weighted by Gasteiger charge is -2.26. The van der Waals surface area contributed by atoms with Crippen molar-refractivity contribution in [2.75, 3.05) is 13.2 Å². The largest absolute Gasteiger partial charge is 0.493 e. The normalized spacial score (nSPS) is 16.7. The summed E-state index contributed by atoms with van der Waals surface area (Å²) in [6.45, 7) is 0.850. The molecular weight excluding hydrogens is 284 g/mol. The van der Waals surface area contributed by atoms with E-state index >= 15 is 0 Å². The first-order valence-electron chi connectivity index (χ1n) is 7.16.